The minimum absolute atomic E-state index is 0.140. The number of hydrogen-bond acceptors (Lipinski definition) is 16. The third-order valence-electron chi connectivity index (χ3n) is 5.97. The highest BCUT2D eigenvalue weighted by Gasteiger charge is 2.54. The SMILES string of the molecule is CC(=O)N[C@@H]1[C@@H](OC(C)=O)[C@H](OC(C)=O)[C@@H](COC(C)=O)O[C@H]1S[C@@H]1CO[C@H](COC(C)=O)[C@H](OC(C)=O)[C@@H]1OC(C)=O. The summed E-state index contributed by atoms with van der Waals surface area (Å²) in [5, 5.41) is 1.82. The summed E-state index contributed by atoms with van der Waals surface area (Å²) in [6.45, 7) is 7.21. The summed E-state index contributed by atoms with van der Waals surface area (Å²) in [5.41, 5.74) is -1.12. The quantitative estimate of drug-likeness (QED) is 0.226. The first-order valence-electron chi connectivity index (χ1n) is 13.2. The molecule has 2 aliphatic heterocycles. The van der Waals surface area contributed by atoms with Crippen LogP contribution >= 0.6 is 11.8 Å². The van der Waals surface area contributed by atoms with Gasteiger partial charge in [-0.3, -0.25) is 33.6 Å². The fraction of sp³-hybridized carbons (Fsp3) is 0.731. The van der Waals surface area contributed by atoms with Crippen molar-refractivity contribution in [1.82, 2.24) is 5.32 Å². The van der Waals surface area contributed by atoms with Crippen LogP contribution in [0.3, 0.4) is 0 Å². The molecule has 0 aromatic heterocycles. The molecule has 1 amide bonds. The summed E-state index contributed by atoms with van der Waals surface area (Å²) < 4.78 is 44.1. The Balaban J connectivity index is 2.53. The van der Waals surface area contributed by atoms with Crippen LogP contribution < -0.4 is 5.32 Å². The van der Waals surface area contributed by atoms with E-state index in [1.54, 1.807) is 0 Å². The van der Waals surface area contributed by atoms with E-state index in [9.17, 15) is 33.6 Å². The first-order chi connectivity index (χ1) is 20.1. The molecular weight excluding hydrogens is 598 g/mol. The zero-order valence-electron chi connectivity index (χ0n) is 24.8. The maximum absolute atomic E-state index is 12.3. The molecule has 17 heteroatoms. The van der Waals surface area contributed by atoms with Gasteiger partial charge in [-0.1, -0.05) is 0 Å². The van der Waals surface area contributed by atoms with Crippen LogP contribution in [0.2, 0.25) is 0 Å². The maximum Gasteiger partial charge on any atom is 0.303 e. The molecule has 0 saturated carbocycles. The second kappa shape index (κ2) is 16.4. The molecule has 9 atom stereocenters. The molecule has 2 aliphatic rings. The van der Waals surface area contributed by atoms with Crippen molar-refractivity contribution in [3.8, 4) is 0 Å². The van der Waals surface area contributed by atoms with Crippen molar-refractivity contribution in [2.75, 3.05) is 19.8 Å². The Morgan fingerprint density at radius 3 is 1.53 bits per heavy atom. The summed E-state index contributed by atoms with van der Waals surface area (Å²) >= 11 is 0.978. The van der Waals surface area contributed by atoms with Crippen molar-refractivity contribution >= 4 is 53.5 Å². The Bertz CT molecular complexity index is 1070. The second-order valence-corrected chi connectivity index (χ2v) is 11.1. The number of rotatable bonds is 11. The van der Waals surface area contributed by atoms with E-state index < -0.39 is 102 Å². The highest BCUT2D eigenvalue weighted by Crippen LogP contribution is 2.39. The van der Waals surface area contributed by atoms with Crippen LogP contribution in [0.1, 0.15) is 48.5 Å². The van der Waals surface area contributed by atoms with Gasteiger partial charge in [0, 0.05) is 48.5 Å². The molecule has 2 fully saturated rings. The number of esters is 6. The van der Waals surface area contributed by atoms with E-state index in [0.29, 0.717) is 0 Å². The first kappa shape index (κ1) is 35.8. The van der Waals surface area contributed by atoms with Gasteiger partial charge >= 0.3 is 35.8 Å². The molecule has 0 spiro atoms. The molecule has 0 unspecified atom stereocenters. The van der Waals surface area contributed by atoms with Crippen LogP contribution in [-0.4, -0.2) is 115 Å². The first-order valence-corrected chi connectivity index (χ1v) is 14.2. The standard InChI is InChI=1S/C26H37NO15S/c1-11(28)27-21-25(41-17(7)34)23(39-15(5)32)19(9-36-13(3)30)42-26(21)43-20-10-37-18(8-35-12(2)29)22(38-14(4)31)24(20)40-16(6)33/h18-26H,8-10H2,1-7H3,(H,27,28)/t18-,19-,20-,21-,22+,23-,24-,25-,26+/m1/s1. The predicted octanol–water partition coefficient (Wildman–Crippen LogP) is -0.430. The molecule has 0 radical (unpaired) electrons. The van der Waals surface area contributed by atoms with Crippen molar-refractivity contribution in [3.05, 3.63) is 0 Å². The number of nitrogens with one attached hydrogen (secondary N) is 1. The molecule has 43 heavy (non-hydrogen) atoms. The van der Waals surface area contributed by atoms with Crippen LogP contribution in [0.15, 0.2) is 0 Å². The molecule has 1 N–H and O–H groups in total. The van der Waals surface area contributed by atoms with Gasteiger partial charge in [0.1, 0.15) is 36.9 Å². The predicted molar refractivity (Wildman–Crippen MR) is 143 cm³/mol. The third kappa shape index (κ3) is 11.3. The van der Waals surface area contributed by atoms with Crippen molar-refractivity contribution in [2.24, 2.45) is 0 Å². The fourth-order valence-electron chi connectivity index (χ4n) is 4.54. The van der Waals surface area contributed by atoms with Gasteiger partial charge in [0.25, 0.3) is 0 Å². The molecule has 2 rings (SSSR count). The molecule has 0 bridgehead atoms. The van der Waals surface area contributed by atoms with Crippen LogP contribution in [0.5, 0.6) is 0 Å². The van der Waals surface area contributed by atoms with Crippen molar-refractivity contribution < 1.29 is 71.5 Å². The smallest absolute Gasteiger partial charge is 0.303 e. The van der Waals surface area contributed by atoms with Crippen molar-refractivity contribution in [2.45, 2.75) is 102 Å². The number of hydrogen-bond donors (Lipinski definition) is 1. The second-order valence-electron chi connectivity index (χ2n) is 9.72. The summed E-state index contributed by atoms with van der Waals surface area (Å²) in [6.07, 6.45) is -7.15. The Morgan fingerprint density at radius 2 is 1.07 bits per heavy atom. The number of carbonyl (C=O) groups is 7. The van der Waals surface area contributed by atoms with Crippen LogP contribution in [-0.2, 0) is 71.5 Å². The lowest BCUT2D eigenvalue weighted by atomic mass is 9.97. The monoisotopic (exact) mass is 635 g/mol. The Morgan fingerprint density at radius 1 is 0.628 bits per heavy atom. The van der Waals surface area contributed by atoms with Gasteiger partial charge < -0.3 is 43.2 Å². The Hall–Kier alpha value is -3.44. The van der Waals surface area contributed by atoms with Gasteiger partial charge in [-0.05, 0) is 0 Å². The highest BCUT2D eigenvalue weighted by molar-refractivity contribution is 8.00. The van der Waals surface area contributed by atoms with Gasteiger partial charge in [0.15, 0.2) is 24.4 Å². The van der Waals surface area contributed by atoms with E-state index >= 15 is 0 Å². The Labute approximate surface area is 252 Å². The minimum atomic E-state index is -1.31. The van der Waals surface area contributed by atoms with E-state index in [1.165, 1.54) is 13.8 Å². The lowest BCUT2D eigenvalue weighted by molar-refractivity contribution is -0.212. The Kier molecular flexibility index (Phi) is 13.7. The van der Waals surface area contributed by atoms with Gasteiger partial charge in [-0.25, -0.2) is 0 Å². The van der Waals surface area contributed by atoms with E-state index in [0.717, 1.165) is 46.4 Å². The fourth-order valence-corrected chi connectivity index (χ4v) is 6.00. The third-order valence-corrected chi connectivity index (χ3v) is 7.39. The number of thioether (sulfide) groups is 1. The minimum Gasteiger partial charge on any atom is -0.463 e. The number of carbonyl (C=O) groups excluding carboxylic acids is 7. The zero-order valence-corrected chi connectivity index (χ0v) is 25.7. The average molecular weight is 636 g/mol. The highest BCUT2D eigenvalue weighted by atomic mass is 32.2. The van der Waals surface area contributed by atoms with E-state index in [2.05, 4.69) is 5.32 Å². The van der Waals surface area contributed by atoms with Gasteiger partial charge in [0.2, 0.25) is 5.91 Å². The molecule has 2 saturated heterocycles. The lowest BCUT2D eigenvalue weighted by Crippen LogP contribution is -2.66. The van der Waals surface area contributed by atoms with Crippen LogP contribution in [0.4, 0.5) is 0 Å². The summed E-state index contributed by atoms with van der Waals surface area (Å²) in [6, 6.07) is -1.15. The molecule has 242 valence electrons. The largest absolute Gasteiger partial charge is 0.463 e. The number of amides is 1. The van der Waals surface area contributed by atoms with Crippen molar-refractivity contribution in [1.29, 1.82) is 0 Å². The molecular formula is C26H37NO15S. The van der Waals surface area contributed by atoms with Gasteiger partial charge in [-0.15, -0.1) is 11.8 Å². The van der Waals surface area contributed by atoms with Gasteiger partial charge in [0.05, 0.1) is 11.9 Å². The summed E-state index contributed by atoms with van der Waals surface area (Å²) in [7, 11) is 0. The average Bonchev–Trinajstić information content (AvgIpc) is 2.86. The lowest BCUT2D eigenvalue weighted by Gasteiger charge is -2.47. The maximum atomic E-state index is 12.3. The van der Waals surface area contributed by atoms with Crippen molar-refractivity contribution in [3.63, 3.8) is 0 Å². The zero-order chi connectivity index (χ0) is 32.4. The van der Waals surface area contributed by atoms with Crippen LogP contribution in [0, 0.1) is 0 Å². The van der Waals surface area contributed by atoms with E-state index in [-0.39, 0.29) is 13.2 Å². The van der Waals surface area contributed by atoms with Crippen LogP contribution in [0.25, 0.3) is 0 Å². The molecule has 0 aromatic carbocycles. The molecule has 2 heterocycles. The molecule has 16 nitrogen and oxygen atoms in total. The molecule has 0 aromatic rings. The molecule has 0 aliphatic carbocycles. The topological polar surface area (TPSA) is 205 Å². The van der Waals surface area contributed by atoms with E-state index in [1.807, 2.05) is 0 Å². The summed E-state index contributed by atoms with van der Waals surface area (Å²) in [5.74, 6) is -4.80. The number of ether oxygens (including phenoxy) is 8. The normalized spacial score (nSPS) is 30.2. The summed E-state index contributed by atoms with van der Waals surface area (Å²) in [4.78, 5) is 83.6. The van der Waals surface area contributed by atoms with E-state index in [4.69, 9.17) is 37.9 Å². The van der Waals surface area contributed by atoms with Gasteiger partial charge in [-0.2, -0.15) is 0 Å².